The molecule has 2 rings (SSSR count). The highest BCUT2D eigenvalue weighted by molar-refractivity contribution is 6.30. The van der Waals surface area contributed by atoms with Gasteiger partial charge in [0.15, 0.2) is 5.15 Å². The van der Waals surface area contributed by atoms with E-state index in [4.69, 9.17) is 16.3 Å². The molecule has 0 bridgehead atoms. The SMILES string of the molecule is CCc1nc(Cl)c2n1CCC(C(=O)OC)C2. The highest BCUT2D eigenvalue weighted by atomic mass is 35.5. The Labute approximate surface area is 99.6 Å². The number of carbonyl (C=O) groups is 1. The molecular weight excluding hydrogens is 228 g/mol. The fraction of sp³-hybridized carbons (Fsp3) is 0.636. The number of methoxy groups -OCH3 is 1. The summed E-state index contributed by atoms with van der Waals surface area (Å²) in [4.78, 5) is 15.8. The molecule has 88 valence electrons. The summed E-state index contributed by atoms with van der Waals surface area (Å²) in [6.45, 7) is 2.86. The van der Waals surface area contributed by atoms with E-state index in [9.17, 15) is 4.79 Å². The summed E-state index contributed by atoms with van der Waals surface area (Å²) in [5.74, 6) is 0.779. The number of ether oxygens (including phenoxy) is 1. The van der Waals surface area contributed by atoms with Crippen molar-refractivity contribution in [1.82, 2.24) is 9.55 Å². The van der Waals surface area contributed by atoms with Gasteiger partial charge in [0.2, 0.25) is 0 Å². The van der Waals surface area contributed by atoms with Crippen molar-refractivity contribution in [2.45, 2.75) is 32.7 Å². The van der Waals surface area contributed by atoms with Crippen LogP contribution in [0.3, 0.4) is 0 Å². The van der Waals surface area contributed by atoms with E-state index >= 15 is 0 Å². The zero-order valence-corrected chi connectivity index (χ0v) is 10.3. The Morgan fingerprint density at radius 1 is 1.69 bits per heavy atom. The Balaban J connectivity index is 2.27. The first-order valence-corrected chi connectivity index (χ1v) is 5.86. The molecule has 0 saturated carbocycles. The maximum atomic E-state index is 11.5. The van der Waals surface area contributed by atoms with E-state index in [1.54, 1.807) is 0 Å². The van der Waals surface area contributed by atoms with Gasteiger partial charge in [0, 0.05) is 19.4 Å². The van der Waals surface area contributed by atoms with E-state index in [0.29, 0.717) is 11.6 Å². The van der Waals surface area contributed by atoms with Crippen LogP contribution >= 0.6 is 11.6 Å². The third-order valence-corrected chi connectivity index (χ3v) is 3.40. The molecule has 0 radical (unpaired) electrons. The monoisotopic (exact) mass is 242 g/mol. The third-order valence-electron chi connectivity index (χ3n) is 3.09. The van der Waals surface area contributed by atoms with Gasteiger partial charge in [-0.3, -0.25) is 4.79 Å². The summed E-state index contributed by atoms with van der Waals surface area (Å²) < 4.78 is 6.89. The number of fused-ring (bicyclic) bond motifs is 1. The first-order chi connectivity index (χ1) is 7.67. The average Bonchev–Trinajstić information content (AvgIpc) is 2.64. The van der Waals surface area contributed by atoms with E-state index < -0.39 is 0 Å². The van der Waals surface area contributed by atoms with E-state index in [1.807, 2.05) is 0 Å². The van der Waals surface area contributed by atoms with Crippen LogP contribution in [0.2, 0.25) is 5.15 Å². The maximum absolute atomic E-state index is 11.5. The van der Waals surface area contributed by atoms with Crippen molar-refractivity contribution in [3.63, 3.8) is 0 Å². The molecule has 1 aliphatic rings. The van der Waals surface area contributed by atoms with Gasteiger partial charge in [0.25, 0.3) is 0 Å². The van der Waals surface area contributed by atoms with Crippen molar-refractivity contribution in [3.05, 3.63) is 16.7 Å². The van der Waals surface area contributed by atoms with Crippen LogP contribution in [-0.2, 0) is 28.9 Å². The summed E-state index contributed by atoms with van der Waals surface area (Å²) in [5.41, 5.74) is 0.972. The summed E-state index contributed by atoms with van der Waals surface area (Å²) in [7, 11) is 1.42. The van der Waals surface area contributed by atoms with E-state index in [1.165, 1.54) is 7.11 Å². The lowest BCUT2D eigenvalue weighted by molar-refractivity contribution is -0.146. The summed E-state index contributed by atoms with van der Waals surface area (Å²) in [5, 5.41) is 0.533. The standard InChI is InChI=1S/C11H15ClN2O2/c1-3-9-13-10(12)8-6-7(11(15)16-2)4-5-14(8)9/h7H,3-6H2,1-2H3. The van der Waals surface area contributed by atoms with Gasteiger partial charge in [0.05, 0.1) is 18.7 Å². The lowest BCUT2D eigenvalue weighted by Crippen LogP contribution is -2.27. The number of imidazole rings is 1. The Morgan fingerprint density at radius 3 is 3.06 bits per heavy atom. The van der Waals surface area contributed by atoms with Crippen molar-refractivity contribution in [3.8, 4) is 0 Å². The Kier molecular flexibility index (Phi) is 3.19. The fourth-order valence-corrected chi connectivity index (χ4v) is 2.50. The van der Waals surface area contributed by atoms with Crippen molar-refractivity contribution in [2.75, 3.05) is 7.11 Å². The first-order valence-electron chi connectivity index (χ1n) is 5.49. The number of aryl methyl sites for hydroxylation is 1. The normalized spacial score (nSPS) is 19.3. The lowest BCUT2D eigenvalue weighted by atomic mass is 9.96. The molecule has 16 heavy (non-hydrogen) atoms. The van der Waals surface area contributed by atoms with Crippen LogP contribution in [0.25, 0.3) is 0 Å². The smallest absolute Gasteiger partial charge is 0.309 e. The minimum atomic E-state index is -0.151. The Bertz CT molecular complexity index is 414. The number of esters is 1. The second kappa shape index (κ2) is 4.45. The van der Waals surface area contributed by atoms with E-state index in [2.05, 4.69) is 16.5 Å². The minimum Gasteiger partial charge on any atom is -0.469 e. The quantitative estimate of drug-likeness (QED) is 0.744. The number of nitrogens with zero attached hydrogens (tertiary/aromatic N) is 2. The Hall–Kier alpha value is -1.03. The van der Waals surface area contributed by atoms with Gasteiger partial charge in [-0.15, -0.1) is 0 Å². The molecule has 0 spiro atoms. The lowest BCUT2D eigenvalue weighted by Gasteiger charge is -2.23. The second-order valence-electron chi connectivity index (χ2n) is 3.98. The Morgan fingerprint density at radius 2 is 2.44 bits per heavy atom. The molecule has 0 aromatic carbocycles. The third kappa shape index (κ3) is 1.82. The molecule has 1 aliphatic heterocycles. The minimum absolute atomic E-state index is 0.0728. The molecule has 1 aromatic heterocycles. The predicted molar refractivity (Wildman–Crippen MR) is 60.4 cm³/mol. The second-order valence-corrected chi connectivity index (χ2v) is 4.34. The van der Waals surface area contributed by atoms with Crippen LogP contribution in [0, 0.1) is 5.92 Å². The van der Waals surface area contributed by atoms with Gasteiger partial charge in [-0.2, -0.15) is 0 Å². The number of halogens is 1. The number of aromatic nitrogens is 2. The fourth-order valence-electron chi connectivity index (χ4n) is 2.22. The molecule has 4 nitrogen and oxygen atoms in total. The zero-order valence-electron chi connectivity index (χ0n) is 9.49. The molecule has 0 N–H and O–H groups in total. The van der Waals surface area contributed by atoms with Gasteiger partial charge in [-0.25, -0.2) is 4.98 Å². The highest BCUT2D eigenvalue weighted by Gasteiger charge is 2.29. The van der Waals surface area contributed by atoms with E-state index in [-0.39, 0.29) is 11.9 Å². The molecule has 0 amide bonds. The number of hydrogen-bond donors (Lipinski definition) is 0. The first kappa shape index (κ1) is 11.5. The number of carbonyl (C=O) groups excluding carboxylic acids is 1. The van der Waals surface area contributed by atoms with Crippen molar-refractivity contribution < 1.29 is 9.53 Å². The van der Waals surface area contributed by atoms with Gasteiger partial charge < -0.3 is 9.30 Å². The largest absolute Gasteiger partial charge is 0.469 e. The van der Waals surface area contributed by atoms with E-state index in [0.717, 1.165) is 30.9 Å². The van der Waals surface area contributed by atoms with Crippen molar-refractivity contribution in [2.24, 2.45) is 5.92 Å². The number of rotatable bonds is 2. The molecule has 1 unspecified atom stereocenters. The number of hydrogen-bond acceptors (Lipinski definition) is 3. The van der Waals surface area contributed by atoms with Crippen molar-refractivity contribution in [1.29, 1.82) is 0 Å². The average molecular weight is 243 g/mol. The predicted octanol–water partition coefficient (Wildman–Crippen LogP) is 1.83. The van der Waals surface area contributed by atoms with Crippen LogP contribution in [0.1, 0.15) is 24.9 Å². The molecule has 0 aliphatic carbocycles. The molecule has 1 atom stereocenters. The molecule has 1 aromatic rings. The molecule has 2 heterocycles. The topological polar surface area (TPSA) is 44.1 Å². The molecule has 5 heteroatoms. The van der Waals surface area contributed by atoms with Gasteiger partial charge in [-0.1, -0.05) is 18.5 Å². The van der Waals surface area contributed by atoms with Crippen LogP contribution in [0.15, 0.2) is 0 Å². The summed E-state index contributed by atoms with van der Waals surface area (Å²) >= 11 is 6.07. The van der Waals surface area contributed by atoms with Crippen LogP contribution in [-0.4, -0.2) is 22.6 Å². The van der Waals surface area contributed by atoms with Crippen LogP contribution in [0.4, 0.5) is 0 Å². The van der Waals surface area contributed by atoms with Gasteiger partial charge in [-0.05, 0) is 6.42 Å². The van der Waals surface area contributed by atoms with Gasteiger partial charge in [0.1, 0.15) is 5.82 Å². The molecular formula is C11H15ClN2O2. The molecule has 0 fully saturated rings. The van der Waals surface area contributed by atoms with Crippen LogP contribution < -0.4 is 0 Å². The van der Waals surface area contributed by atoms with Crippen LogP contribution in [0.5, 0.6) is 0 Å². The highest BCUT2D eigenvalue weighted by Crippen LogP contribution is 2.28. The summed E-state index contributed by atoms with van der Waals surface area (Å²) in [6.07, 6.45) is 2.31. The maximum Gasteiger partial charge on any atom is 0.309 e. The van der Waals surface area contributed by atoms with Crippen molar-refractivity contribution >= 4 is 17.6 Å². The van der Waals surface area contributed by atoms with Gasteiger partial charge >= 0.3 is 5.97 Å². The zero-order chi connectivity index (χ0) is 11.7. The summed E-state index contributed by atoms with van der Waals surface area (Å²) in [6, 6.07) is 0. The molecule has 0 saturated heterocycles.